The number of aromatic carboxylic acids is 1. The van der Waals surface area contributed by atoms with Crippen molar-refractivity contribution < 1.29 is 9.90 Å². The highest BCUT2D eigenvalue weighted by atomic mass is 127. The van der Waals surface area contributed by atoms with Crippen molar-refractivity contribution in [2.75, 3.05) is 0 Å². The Kier molecular flexibility index (Phi) is 4.62. The van der Waals surface area contributed by atoms with Gasteiger partial charge >= 0.3 is 5.97 Å². The second-order valence-electron chi connectivity index (χ2n) is 4.24. The molecular weight excluding hydrogens is 419 g/mol. The van der Waals surface area contributed by atoms with Crippen molar-refractivity contribution in [2.24, 2.45) is 0 Å². The number of benzene rings is 2. The summed E-state index contributed by atoms with van der Waals surface area (Å²) in [6.07, 6.45) is 0. The molecule has 4 heteroatoms. The number of carboxylic acids is 1. The average Bonchev–Trinajstić information content (AvgIpc) is 2.39. The number of aryl methyl sites for hydroxylation is 1. The minimum atomic E-state index is -0.891. The highest BCUT2D eigenvalue weighted by molar-refractivity contribution is 14.1. The van der Waals surface area contributed by atoms with E-state index >= 15 is 0 Å². The van der Waals surface area contributed by atoms with Crippen molar-refractivity contribution in [3.63, 3.8) is 0 Å². The summed E-state index contributed by atoms with van der Waals surface area (Å²) in [6.45, 7) is 1.99. The lowest BCUT2D eigenvalue weighted by Gasteiger charge is -2.12. The van der Waals surface area contributed by atoms with Crippen LogP contribution in [0.25, 0.3) is 11.1 Å². The van der Waals surface area contributed by atoms with Gasteiger partial charge in [0.25, 0.3) is 0 Å². The number of halogens is 2. The first kappa shape index (κ1) is 14.5. The molecule has 0 unspecified atom stereocenters. The highest BCUT2D eigenvalue weighted by Crippen LogP contribution is 2.31. The van der Waals surface area contributed by atoms with E-state index < -0.39 is 5.97 Å². The van der Waals surface area contributed by atoms with E-state index in [-0.39, 0.29) is 0 Å². The maximum atomic E-state index is 11.4. The molecule has 0 atom stereocenters. The molecule has 2 aromatic carbocycles. The third kappa shape index (κ3) is 3.00. The van der Waals surface area contributed by atoms with E-state index in [0.717, 1.165) is 25.8 Å². The normalized spacial score (nSPS) is 10.5. The van der Waals surface area contributed by atoms with Gasteiger partial charge in [-0.05, 0) is 63.9 Å². The number of rotatable bonds is 3. The fourth-order valence-electron chi connectivity index (χ4n) is 2.00. The lowest BCUT2D eigenvalue weighted by molar-refractivity contribution is 0.0697. The van der Waals surface area contributed by atoms with Gasteiger partial charge in [-0.3, -0.25) is 0 Å². The number of carboxylic acid groups (broad SMARTS) is 1. The zero-order valence-electron chi connectivity index (χ0n) is 10.3. The van der Waals surface area contributed by atoms with Gasteiger partial charge in [0.05, 0.1) is 5.56 Å². The summed E-state index contributed by atoms with van der Waals surface area (Å²) in [7, 11) is 0. The van der Waals surface area contributed by atoms with Crippen molar-refractivity contribution in [2.45, 2.75) is 12.3 Å². The van der Waals surface area contributed by atoms with E-state index in [1.165, 1.54) is 0 Å². The molecule has 2 aromatic rings. The summed E-state index contributed by atoms with van der Waals surface area (Å²) in [5, 5.41) is 10.1. The van der Waals surface area contributed by atoms with Gasteiger partial charge in [-0.2, -0.15) is 0 Å². The molecule has 0 saturated heterocycles. The number of alkyl halides is 1. The molecule has 0 heterocycles. The zero-order valence-corrected chi connectivity index (χ0v) is 14.0. The van der Waals surface area contributed by atoms with Crippen LogP contribution in [0.3, 0.4) is 0 Å². The van der Waals surface area contributed by atoms with Crippen LogP contribution in [0.1, 0.15) is 21.5 Å². The number of carbonyl (C=O) groups is 1. The molecule has 0 saturated carbocycles. The highest BCUT2D eigenvalue weighted by Gasteiger charge is 2.16. The largest absolute Gasteiger partial charge is 0.478 e. The minimum absolute atomic E-state index is 0.350. The van der Waals surface area contributed by atoms with Crippen molar-refractivity contribution in [3.05, 3.63) is 56.7 Å². The fraction of sp³-hybridized carbons (Fsp3) is 0.133. The average molecular weight is 431 g/mol. The quantitative estimate of drug-likeness (QED) is 0.557. The second kappa shape index (κ2) is 6.05. The molecule has 19 heavy (non-hydrogen) atoms. The minimum Gasteiger partial charge on any atom is -0.478 e. The summed E-state index contributed by atoms with van der Waals surface area (Å²) < 4.78 is 0.962. The van der Waals surface area contributed by atoms with Gasteiger partial charge in [0, 0.05) is 8.90 Å². The van der Waals surface area contributed by atoms with E-state index in [4.69, 9.17) is 0 Å². The van der Waals surface area contributed by atoms with Crippen molar-refractivity contribution in [1.82, 2.24) is 0 Å². The Labute approximate surface area is 134 Å². The van der Waals surface area contributed by atoms with Crippen LogP contribution >= 0.6 is 38.5 Å². The Morgan fingerprint density at radius 3 is 2.53 bits per heavy atom. The molecule has 0 bridgehead atoms. The summed E-state index contributed by atoms with van der Waals surface area (Å²) >= 11 is 5.61. The Hall–Kier alpha value is -0.880. The predicted molar refractivity (Wildman–Crippen MR) is 88.9 cm³/mol. The van der Waals surface area contributed by atoms with E-state index in [2.05, 4.69) is 38.5 Å². The smallest absolute Gasteiger partial charge is 0.336 e. The van der Waals surface area contributed by atoms with Gasteiger partial charge < -0.3 is 5.11 Å². The number of hydrogen-bond donors (Lipinski definition) is 1. The summed E-state index contributed by atoms with van der Waals surface area (Å²) in [6, 6.07) is 11.5. The lowest BCUT2D eigenvalue weighted by atomic mass is 9.94. The Balaban J connectivity index is 2.74. The fourth-order valence-corrected chi connectivity index (χ4v) is 3.64. The molecule has 0 radical (unpaired) electrons. The van der Waals surface area contributed by atoms with Gasteiger partial charge in [0.2, 0.25) is 0 Å². The van der Waals surface area contributed by atoms with Gasteiger partial charge in [-0.15, -0.1) is 0 Å². The first-order valence-corrected chi connectivity index (χ1v) is 7.92. The molecule has 0 spiro atoms. The Bertz CT molecular complexity index is 638. The first-order chi connectivity index (χ1) is 9.04. The van der Waals surface area contributed by atoms with Crippen LogP contribution < -0.4 is 0 Å². The SMILES string of the molecule is Cc1ccccc1-c1cc(CBr)c(I)cc1C(=O)O. The van der Waals surface area contributed by atoms with Crippen molar-refractivity contribution in [3.8, 4) is 11.1 Å². The van der Waals surface area contributed by atoms with Crippen molar-refractivity contribution >= 4 is 44.5 Å². The van der Waals surface area contributed by atoms with Crippen LogP contribution in [0, 0.1) is 10.5 Å². The summed E-state index contributed by atoms with van der Waals surface area (Å²) in [5.41, 5.74) is 4.28. The molecule has 2 rings (SSSR count). The van der Waals surface area contributed by atoms with Crippen molar-refractivity contribution in [1.29, 1.82) is 0 Å². The summed E-state index contributed by atoms with van der Waals surface area (Å²) in [5.74, 6) is -0.891. The molecule has 98 valence electrons. The first-order valence-electron chi connectivity index (χ1n) is 5.72. The van der Waals surface area contributed by atoms with E-state index in [1.807, 2.05) is 37.3 Å². The Morgan fingerprint density at radius 1 is 1.26 bits per heavy atom. The van der Waals surface area contributed by atoms with Crippen LogP contribution in [-0.4, -0.2) is 11.1 Å². The number of hydrogen-bond acceptors (Lipinski definition) is 1. The van der Waals surface area contributed by atoms with Gasteiger partial charge in [0.1, 0.15) is 0 Å². The second-order valence-corrected chi connectivity index (χ2v) is 5.97. The molecule has 0 aliphatic heterocycles. The van der Waals surface area contributed by atoms with E-state index in [1.54, 1.807) is 6.07 Å². The van der Waals surface area contributed by atoms with Gasteiger partial charge in [-0.25, -0.2) is 4.79 Å². The molecule has 1 N–H and O–H groups in total. The monoisotopic (exact) mass is 430 g/mol. The standard InChI is InChI=1S/C15H12BrIO2/c1-9-4-2-3-5-11(9)12-6-10(8-16)14(17)7-13(12)15(18)19/h2-7H,8H2,1H3,(H,18,19). The molecule has 0 aliphatic carbocycles. The van der Waals surface area contributed by atoms with Crippen LogP contribution in [-0.2, 0) is 5.33 Å². The van der Waals surface area contributed by atoms with E-state index in [9.17, 15) is 9.90 Å². The molecule has 2 nitrogen and oxygen atoms in total. The maximum absolute atomic E-state index is 11.4. The third-order valence-corrected chi connectivity index (χ3v) is 4.60. The maximum Gasteiger partial charge on any atom is 0.336 e. The van der Waals surface area contributed by atoms with E-state index in [0.29, 0.717) is 10.9 Å². The molecular formula is C15H12BrIO2. The molecule has 0 fully saturated rings. The predicted octanol–water partition coefficient (Wildman–Crippen LogP) is 4.86. The van der Waals surface area contributed by atoms with Crippen LogP contribution in [0.5, 0.6) is 0 Å². The van der Waals surface area contributed by atoms with Crippen LogP contribution in [0.2, 0.25) is 0 Å². The lowest BCUT2D eigenvalue weighted by Crippen LogP contribution is -2.03. The van der Waals surface area contributed by atoms with Gasteiger partial charge in [-0.1, -0.05) is 40.2 Å². The molecule has 0 aliphatic rings. The molecule has 0 amide bonds. The van der Waals surface area contributed by atoms with Crippen LogP contribution in [0.4, 0.5) is 0 Å². The zero-order chi connectivity index (χ0) is 14.0. The third-order valence-electron chi connectivity index (χ3n) is 3.00. The van der Waals surface area contributed by atoms with Crippen LogP contribution in [0.15, 0.2) is 36.4 Å². The Morgan fingerprint density at radius 2 is 1.95 bits per heavy atom. The molecule has 0 aromatic heterocycles. The summed E-state index contributed by atoms with van der Waals surface area (Å²) in [4.78, 5) is 11.4. The van der Waals surface area contributed by atoms with Gasteiger partial charge in [0.15, 0.2) is 0 Å². The topological polar surface area (TPSA) is 37.3 Å².